The second kappa shape index (κ2) is 7.33. The van der Waals surface area contributed by atoms with Crippen LogP contribution in [0.4, 0.5) is 5.69 Å². The number of rotatable bonds is 2. The molecule has 8 atom stereocenters. The van der Waals surface area contributed by atoms with E-state index in [2.05, 4.69) is 80.3 Å². The Hall–Kier alpha value is -1.41. The van der Waals surface area contributed by atoms with E-state index >= 15 is 0 Å². The number of hydrogen-bond acceptors (Lipinski definition) is 2. The van der Waals surface area contributed by atoms with Crippen molar-refractivity contribution in [2.45, 2.75) is 80.9 Å². The Bertz CT molecular complexity index is 951. The van der Waals surface area contributed by atoms with Crippen LogP contribution in [0.25, 0.3) is 0 Å². The molecule has 158 valence electrons. The molecule has 0 radical (unpaired) electrons. The van der Waals surface area contributed by atoms with Crippen LogP contribution in [-0.2, 0) is 6.42 Å². The number of nitrogens with one attached hydrogen (secondary N) is 1. The Balaban J connectivity index is 1.41. The predicted octanol–water partition coefficient (Wildman–Crippen LogP) is 7.48. The SMILES string of the molecule is CCC1CCc2cccc(C3C(C)C(C)C4C3CCC3Sc5ccccc5C34)c2N1. The van der Waals surface area contributed by atoms with Gasteiger partial charge in [-0.3, -0.25) is 0 Å². The molecule has 0 saturated heterocycles. The van der Waals surface area contributed by atoms with Crippen LogP contribution in [0.15, 0.2) is 47.4 Å². The van der Waals surface area contributed by atoms with Crippen LogP contribution in [0.5, 0.6) is 0 Å². The first-order valence-electron chi connectivity index (χ1n) is 12.3. The Kier molecular flexibility index (Phi) is 4.71. The van der Waals surface area contributed by atoms with Crippen molar-refractivity contribution in [3.05, 3.63) is 59.2 Å². The first kappa shape index (κ1) is 19.3. The molecule has 2 saturated carbocycles. The molecule has 2 heteroatoms. The van der Waals surface area contributed by atoms with Crippen molar-refractivity contribution < 1.29 is 0 Å². The van der Waals surface area contributed by atoms with Crippen LogP contribution in [0.2, 0.25) is 0 Å². The highest BCUT2D eigenvalue weighted by Crippen LogP contribution is 2.66. The van der Waals surface area contributed by atoms with Gasteiger partial charge in [0.25, 0.3) is 0 Å². The van der Waals surface area contributed by atoms with E-state index in [0.29, 0.717) is 12.0 Å². The molecular weight excluding hydrogens is 382 g/mol. The van der Waals surface area contributed by atoms with Crippen LogP contribution < -0.4 is 5.32 Å². The Labute approximate surface area is 186 Å². The zero-order valence-electron chi connectivity index (χ0n) is 18.6. The van der Waals surface area contributed by atoms with Gasteiger partial charge in [0.05, 0.1) is 0 Å². The summed E-state index contributed by atoms with van der Waals surface area (Å²) in [5, 5.41) is 4.79. The van der Waals surface area contributed by atoms with E-state index in [9.17, 15) is 0 Å². The van der Waals surface area contributed by atoms with Gasteiger partial charge in [-0.1, -0.05) is 57.2 Å². The van der Waals surface area contributed by atoms with Crippen molar-refractivity contribution in [3.63, 3.8) is 0 Å². The number of para-hydroxylation sites is 1. The van der Waals surface area contributed by atoms with E-state index in [4.69, 9.17) is 0 Å². The van der Waals surface area contributed by atoms with Crippen molar-refractivity contribution >= 4 is 17.4 Å². The molecule has 2 heterocycles. The molecule has 8 unspecified atom stereocenters. The van der Waals surface area contributed by atoms with E-state index < -0.39 is 0 Å². The first-order chi connectivity index (χ1) is 14.7. The summed E-state index contributed by atoms with van der Waals surface area (Å²) >= 11 is 2.18. The zero-order valence-corrected chi connectivity index (χ0v) is 19.4. The second-order valence-electron chi connectivity index (χ2n) is 10.5. The van der Waals surface area contributed by atoms with Crippen LogP contribution in [0.1, 0.15) is 75.0 Å². The maximum atomic E-state index is 3.98. The molecule has 2 aliphatic heterocycles. The standard InChI is InChI=1S/C28H35NS/c1-4-19-13-12-18-8-7-10-22(28(18)29-19)25-16(2)17(3)26-21(25)14-15-24-27(26)20-9-5-6-11-23(20)30-24/h5-11,16-17,19,21,24-27,29H,4,12-15H2,1-3H3. The molecule has 0 spiro atoms. The van der Waals surface area contributed by atoms with Gasteiger partial charge < -0.3 is 5.32 Å². The summed E-state index contributed by atoms with van der Waals surface area (Å²) in [6.45, 7) is 7.47. The summed E-state index contributed by atoms with van der Waals surface area (Å²) in [5.41, 5.74) is 6.40. The number of hydrogen-bond donors (Lipinski definition) is 1. The molecular formula is C28H35NS. The van der Waals surface area contributed by atoms with Gasteiger partial charge in [0.15, 0.2) is 0 Å². The fraction of sp³-hybridized carbons (Fsp3) is 0.571. The van der Waals surface area contributed by atoms with Gasteiger partial charge in [-0.15, -0.1) is 11.8 Å². The van der Waals surface area contributed by atoms with Crippen molar-refractivity contribution in [1.82, 2.24) is 0 Å². The number of thioether (sulfide) groups is 1. The second-order valence-corrected chi connectivity index (χ2v) is 11.7. The molecule has 2 aromatic carbocycles. The van der Waals surface area contributed by atoms with Crippen LogP contribution in [0.3, 0.4) is 0 Å². The van der Waals surface area contributed by atoms with E-state index in [1.54, 1.807) is 21.6 Å². The van der Waals surface area contributed by atoms with Crippen molar-refractivity contribution in [2.24, 2.45) is 23.7 Å². The van der Waals surface area contributed by atoms with Gasteiger partial charge in [0.1, 0.15) is 0 Å². The lowest BCUT2D eigenvalue weighted by atomic mass is 9.66. The van der Waals surface area contributed by atoms with Gasteiger partial charge in [-0.25, -0.2) is 0 Å². The monoisotopic (exact) mass is 417 g/mol. The lowest BCUT2D eigenvalue weighted by Crippen LogP contribution is -2.33. The topological polar surface area (TPSA) is 12.0 Å². The van der Waals surface area contributed by atoms with Crippen LogP contribution >= 0.6 is 11.8 Å². The van der Waals surface area contributed by atoms with Gasteiger partial charge in [0.2, 0.25) is 0 Å². The molecule has 0 aromatic heterocycles. The largest absolute Gasteiger partial charge is 0.382 e. The summed E-state index contributed by atoms with van der Waals surface area (Å²) in [6.07, 6.45) is 6.56. The van der Waals surface area contributed by atoms with Crippen LogP contribution in [-0.4, -0.2) is 11.3 Å². The highest BCUT2D eigenvalue weighted by atomic mass is 32.2. The Morgan fingerprint density at radius 3 is 2.60 bits per heavy atom. The number of anilines is 1. The van der Waals surface area contributed by atoms with Crippen molar-refractivity contribution in [1.29, 1.82) is 0 Å². The highest BCUT2D eigenvalue weighted by Gasteiger charge is 2.56. The van der Waals surface area contributed by atoms with E-state index in [1.165, 1.54) is 37.8 Å². The zero-order chi connectivity index (χ0) is 20.4. The predicted molar refractivity (Wildman–Crippen MR) is 129 cm³/mol. The van der Waals surface area contributed by atoms with E-state index in [1.807, 2.05) is 0 Å². The average molecular weight is 418 g/mol. The molecule has 6 rings (SSSR count). The van der Waals surface area contributed by atoms with Crippen molar-refractivity contribution in [3.8, 4) is 0 Å². The summed E-state index contributed by atoms with van der Waals surface area (Å²) in [7, 11) is 0. The summed E-state index contributed by atoms with van der Waals surface area (Å²) in [5.74, 6) is 4.69. The maximum absolute atomic E-state index is 3.98. The lowest BCUT2D eigenvalue weighted by molar-refractivity contribution is 0.198. The minimum Gasteiger partial charge on any atom is -0.382 e. The van der Waals surface area contributed by atoms with Gasteiger partial charge in [-0.05, 0) is 84.5 Å². The molecule has 2 fully saturated rings. The molecule has 4 aliphatic rings. The quantitative estimate of drug-likeness (QED) is 0.543. The van der Waals surface area contributed by atoms with Gasteiger partial charge >= 0.3 is 0 Å². The Morgan fingerprint density at radius 1 is 0.900 bits per heavy atom. The minimum absolute atomic E-state index is 0.650. The fourth-order valence-electron chi connectivity index (χ4n) is 7.72. The maximum Gasteiger partial charge on any atom is 0.0410 e. The molecule has 2 aliphatic carbocycles. The minimum atomic E-state index is 0.650. The fourth-order valence-corrected chi connectivity index (χ4v) is 9.27. The highest BCUT2D eigenvalue weighted by molar-refractivity contribution is 8.00. The third kappa shape index (κ3) is 2.75. The number of fused-ring (bicyclic) bond motifs is 6. The van der Waals surface area contributed by atoms with E-state index in [-0.39, 0.29) is 0 Å². The van der Waals surface area contributed by atoms with Gasteiger partial charge in [-0.2, -0.15) is 0 Å². The molecule has 1 N–H and O–H groups in total. The summed E-state index contributed by atoms with van der Waals surface area (Å²) in [4.78, 5) is 1.57. The first-order valence-corrected chi connectivity index (χ1v) is 13.2. The Morgan fingerprint density at radius 2 is 1.73 bits per heavy atom. The molecule has 30 heavy (non-hydrogen) atoms. The smallest absolute Gasteiger partial charge is 0.0410 e. The number of benzene rings is 2. The van der Waals surface area contributed by atoms with Crippen molar-refractivity contribution in [2.75, 3.05) is 5.32 Å². The third-order valence-corrected chi connectivity index (χ3v) is 10.7. The molecule has 0 bridgehead atoms. The molecule has 2 aromatic rings. The lowest BCUT2D eigenvalue weighted by Gasteiger charge is -2.40. The normalized spacial score (nSPS) is 38.9. The van der Waals surface area contributed by atoms with Gasteiger partial charge in [0, 0.05) is 27.8 Å². The number of aryl methyl sites for hydroxylation is 1. The third-order valence-electron chi connectivity index (χ3n) is 9.26. The summed E-state index contributed by atoms with van der Waals surface area (Å²) in [6, 6.07) is 17.2. The van der Waals surface area contributed by atoms with Crippen LogP contribution in [0, 0.1) is 23.7 Å². The molecule has 0 amide bonds. The summed E-state index contributed by atoms with van der Waals surface area (Å²) < 4.78 is 0. The average Bonchev–Trinajstić information content (AvgIpc) is 3.28. The molecule has 1 nitrogen and oxygen atoms in total. The van der Waals surface area contributed by atoms with E-state index in [0.717, 1.165) is 34.8 Å².